The van der Waals surface area contributed by atoms with Gasteiger partial charge in [-0.2, -0.15) is 5.10 Å². The molecule has 3 fully saturated rings. The van der Waals surface area contributed by atoms with E-state index in [0.717, 1.165) is 12.5 Å². The van der Waals surface area contributed by atoms with Gasteiger partial charge in [-0.3, -0.25) is 4.68 Å². The van der Waals surface area contributed by atoms with Gasteiger partial charge >= 0.3 is 0 Å². The molecule has 2 aromatic carbocycles. The van der Waals surface area contributed by atoms with Gasteiger partial charge in [-0.15, -0.1) is 0 Å². The van der Waals surface area contributed by atoms with Crippen molar-refractivity contribution >= 4 is 10.9 Å². The molecule has 0 spiro atoms. The van der Waals surface area contributed by atoms with Crippen LogP contribution >= 0.6 is 0 Å². The van der Waals surface area contributed by atoms with Crippen LogP contribution in [-0.2, 0) is 0 Å². The van der Waals surface area contributed by atoms with Gasteiger partial charge in [0.25, 0.3) is 0 Å². The van der Waals surface area contributed by atoms with Crippen LogP contribution in [0.25, 0.3) is 22.0 Å². The number of aromatic nitrogens is 2. The molecule has 2 bridgehead atoms. The van der Waals surface area contributed by atoms with E-state index in [-0.39, 0.29) is 0 Å². The minimum atomic E-state index is 0.543. The average molecular weight is 303 g/mol. The zero-order valence-corrected chi connectivity index (χ0v) is 13.2. The maximum atomic E-state index is 4.76. The number of benzene rings is 2. The van der Waals surface area contributed by atoms with E-state index >= 15 is 0 Å². The highest BCUT2D eigenvalue weighted by Crippen LogP contribution is 2.37. The summed E-state index contributed by atoms with van der Waals surface area (Å²) >= 11 is 0. The number of fused-ring (bicyclic) bond motifs is 4. The van der Waals surface area contributed by atoms with E-state index in [1.807, 2.05) is 6.20 Å². The average Bonchev–Trinajstić information content (AvgIpc) is 3.06. The number of nitrogens with zero attached hydrogens (tertiary/aromatic N) is 3. The summed E-state index contributed by atoms with van der Waals surface area (Å²) in [5.41, 5.74) is 3.84. The largest absolute Gasteiger partial charge is 0.301 e. The standard InChI is InChI=1S/C20H21N3/c1-2-4-15(5-3-1)17-6-7-18-13-21-23(19(18)12-17)20-14-22-10-8-16(20)9-11-22/h1-7,12-13,16,20H,8-11,14H2/t20-/m0/s1. The quantitative estimate of drug-likeness (QED) is 0.714. The molecule has 23 heavy (non-hydrogen) atoms. The van der Waals surface area contributed by atoms with Crippen LogP contribution in [0.3, 0.4) is 0 Å². The van der Waals surface area contributed by atoms with Crippen molar-refractivity contribution in [3.8, 4) is 11.1 Å². The van der Waals surface area contributed by atoms with Crippen molar-refractivity contribution in [3.05, 3.63) is 54.7 Å². The summed E-state index contributed by atoms with van der Waals surface area (Å²) in [5.74, 6) is 0.795. The molecule has 3 aliphatic rings. The second-order valence-corrected chi connectivity index (χ2v) is 6.93. The van der Waals surface area contributed by atoms with Crippen molar-refractivity contribution in [2.24, 2.45) is 5.92 Å². The summed E-state index contributed by atoms with van der Waals surface area (Å²) in [5, 5.41) is 6.01. The van der Waals surface area contributed by atoms with Crippen molar-refractivity contribution in [2.75, 3.05) is 19.6 Å². The van der Waals surface area contributed by atoms with E-state index in [1.54, 1.807) is 0 Å². The SMILES string of the molecule is c1ccc(-c2ccc3cnn([C@H]4CN5CCC4CC5)c3c2)cc1. The molecular weight excluding hydrogens is 282 g/mol. The third-order valence-corrected chi connectivity index (χ3v) is 5.64. The first kappa shape index (κ1) is 13.3. The zero-order chi connectivity index (χ0) is 15.2. The Morgan fingerprint density at radius 3 is 2.48 bits per heavy atom. The molecule has 4 heterocycles. The van der Waals surface area contributed by atoms with Crippen LogP contribution in [0.2, 0.25) is 0 Å². The maximum absolute atomic E-state index is 4.76. The summed E-state index contributed by atoms with van der Waals surface area (Å²) < 4.78 is 2.30. The molecule has 3 aromatic rings. The Labute approximate surface area is 136 Å². The van der Waals surface area contributed by atoms with Crippen LogP contribution in [0.5, 0.6) is 0 Å². The highest BCUT2D eigenvalue weighted by Gasteiger charge is 2.36. The summed E-state index contributed by atoms with van der Waals surface area (Å²) in [6.45, 7) is 3.71. The predicted octanol–water partition coefficient (Wildman–Crippen LogP) is 3.97. The van der Waals surface area contributed by atoms with E-state index in [4.69, 9.17) is 5.10 Å². The lowest BCUT2D eigenvalue weighted by atomic mass is 9.84. The normalized spacial score (nSPS) is 26.7. The Morgan fingerprint density at radius 2 is 1.74 bits per heavy atom. The number of hydrogen-bond donors (Lipinski definition) is 0. The highest BCUT2D eigenvalue weighted by molar-refractivity contribution is 5.84. The van der Waals surface area contributed by atoms with Crippen LogP contribution in [0, 0.1) is 5.92 Å². The third-order valence-electron chi connectivity index (χ3n) is 5.64. The fraction of sp³-hybridized carbons (Fsp3) is 0.350. The molecule has 3 nitrogen and oxygen atoms in total. The molecule has 0 amide bonds. The molecule has 3 heteroatoms. The molecule has 0 saturated carbocycles. The van der Waals surface area contributed by atoms with Crippen molar-refractivity contribution < 1.29 is 0 Å². The van der Waals surface area contributed by atoms with Gasteiger partial charge in [-0.1, -0.05) is 42.5 Å². The van der Waals surface area contributed by atoms with E-state index in [9.17, 15) is 0 Å². The monoisotopic (exact) mass is 303 g/mol. The number of piperidine rings is 3. The molecule has 1 aromatic heterocycles. The predicted molar refractivity (Wildman–Crippen MR) is 93.4 cm³/mol. The van der Waals surface area contributed by atoms with Gasteiger partial charge < -0.3 is 4.90 Å². The lowest BCUT2D eigenvalue weighted by molar-refractivity contribution is 0.0534. The second-order valence-electron chi connectivity index (χ2n) is 6.93. The summed E-state index contributed by atoms with van der Waals surface area (Å²) in [6, 6.07) is 17.9. The van der Waals surface area contributed by atoms with Gasteiger partial charge in [0, 0.05) is 11.9 Å². The number of hydrogen-bond acceptors (Lipinski definition) is 2. The lowest BCUT2D eigenvalue weighted by Crippen LogP contribution is -2.48. The number of rotatable bonds is 2. The van der Waals surface area contributed by atoms with Crippen molar-refractivity contribution in [3.63, 3.8) is 0 Å². The molecule has 0 N–H and O–H groups in total. The Morgan fingerprint density at radius 1 is 0.913 bits per heavy atom. The summed E-state index contributed by atoms with van der Waals surface area (Å²) in [7, 11) is 0. The molecule has 6 rings (SSSR count). The minimum absolute atomic E-state index is 0.543. The smallest absolute Gasteiger partial charge is 0.0692 e. The van der Waals surface area contributed by atoms with Crippen LogP contribution in [0.15, 0.2) is 54.7 Å². The van der Waals surface area contributed by atoms with Gasteiger partial charge in [-0.05, 0) is 49.0 Å². The van der Waals surface area contributed by atoms with Crippen molar-refractivity contribution in [2.45, 2.75) is 18.9 Å². The van der Waals surface area contributed by atoms with Crippen LogP contribution in [0.4, 0.5) is 0 Å². The zero-order valence-electron chi connectivity index (χ0n) is 13.2. The molecule has 0 radical (unpaired) electrons. The molecule has 116 valence electrons. The van der Waals surface area contributed by atoms with Gasteiger partial charge in [0.1, 0.15) is 0 Å². The fourth-order valence-electron chi connectivity index (χ4n) is 4.32. The van der Waals surface area contributed by atoms with Crippen LogP contribution in [0.1, 0.15) is 18.9 Å². The van der Waals surface area contributed by atoms with Crippen molar-refractivity contribution in [1.29, 1.82) is 0 Å². The van der Waals surface area contributed by atoms with Gasteiger partial charge in [0.2, 0.25) is 0 Å². The first-order chi connectivity index (χ1) is 11.4. The molecule has 0 aliphatic carbocycles. The summed E-state index contributed by atoms with van der Waals surface area (Å²) in [6.07, 6.45) is 4.68. The molecule has 3 saturated heterocycles. The molecule has 0 unspecified atom stereocenters. The van der Waals surface area contributed by atoms with Gasteiger partial charge in [0.05, 0.1) is 17.8 Å². The Kier molecular flexibility index (Phi) is 3.01. The molecular formula is C20H21N3. The first-order valence-electron chi connectivity index (χ1n) is 8.63. The van der Waals surface area contributed by atoms with Gasteiger partial charge in [-0.25, -0.2) is 0 Å². The van der Waals surface area contributed by atoms with E-state index in [0.29, 0.717) is 6.04 Å². The third kappa shape index (κ3) is 2.19. The Hall–Kier alpha value is -2.13. The Bertz CT molecular complexity index is 828. The lowest BCUT2D eigenvalue weighted by Gasteiger charge is -2.44. The maximum Gasteiger partial charge on any atom is 0.0692 e. The van der Waals surface area contributed by atoms with E-state index in [2.05, 4.69) is 58.1 Å². The first-order valence-corrected chi connectivity index (χ1v) is 8.63. The molecule has 3 aliphatic heterocycles. The second kappa shape index (κ2) is 5.20. The van der Waals surface area contributed by atoms with Crippen molar-refractivity contribution in [1.82, 2.24) is 14.7 Å². The minimum Gasteiger partial charge on any atom is -0.301 e. The Balaban J connectivity index is 1.60. The topological polar surface area (TPSA) is 21.1 Å². The van der Waals surface area contributed by atoms with E-state index in [1.165, 1.54) is 48.0 Å². The molecule has 1 atom stereocenters. The summed E-state index contributed by atoms with van der Waals surface area (Å²) in [4.78, 5) is 2.60. The van der Waals surface area contributed by atoms with Crippen LogP contribution in [-0.4, -0.2) is 34.3 Å². The van der Waals surface area contributed by atoms with Gasteiger partial charge in [0.15, 0.2) is 0 Å². The van der Waals surface area contributed by atoms with Crippen LogP contribution < -0.4 is 0 Å². The van der Waals surface area contributed by atoms with E-state index < -0.39 is 0 Å². The fourth-order valence-corrected chi connectivity index (χ4v) is 4.32. The highest BCUT2D eigenvalue weighted by atomic mass is 15.3.